The molecule has 4 aromatic rings. The molecule has 0 bridgehead atoms. The van der Waals surface area contributed by atoms with Crippen LogP contribution >= 0.6 is 27.5 Å². The number of sulfone groups is 1. The minimum absolute atomic E-state index is 0.0251. The summed E-state index contributed by atoms with van der Waals surface area (Å²) in [5.74, 6) is -0.138. The van der Waals surface area contributed by atoms with Crippen molar-refractivity contribution in [1.29, 1.82) is 0 Å². The molecular formula is C34H33BrClN3O6S. The van der Waals surface area contributed by atoms with Crippen LogP contribution in [0.15, 0.2) is 117 Å². The van der Waals surface area contributed by atoms with Gasteiger partial charge in [-0.25, -0.2) is 18.8 Å². The summed E-state index contributed by atoms with van der Waals surface area (Å²) in [6, 6.07) is 29.7. The van der Waals surface area contributed by atoms with Crippen LogP contribution in [0.5, 0.6) is 5.75 Å². The third-order valence-electron chi connectivity index (χ3n) is 7.46. The summed E-state index contributed by atoms with van der Waals surface area (Å²) < 4.78 is 39.8. The number of carbonyl (C=O) groups is 1. The Kier molecular flexibility index (Phi) is 11.1. The van der Waals surface area contributed by atoms with E-state index < -0.39 is 27.4 Å². The molecule has 4 aromatic carbocycles. The van der Waals surface area contributed by atoms with Gasteiger partial charge in [-0.15, -0.1) is 0 Å². The summed E-state index contributed by atoms with van der Waals surface area (Å²) in [7, 11) is -3.79. The molecule has 0 radical (unpaired) electrons. The van der Waals surface area contributed by atoms with Crippen LogP contribution in [0.4, 0.5) is 0 Å². The van der Waals surface area contributed by atoms with Crippen LogP contribution in [0.1, 0.15) is 35.6 Å². The van der Waals surface area contributed by atoms with E-state index in [2.05, 4.69) is 26.8 Å². The lowest BCUT2D eigenvalue weighted by Gasteiger charge is -2.31. The quantitative estimate of drug-likeness (QED) is 0.111. The average molecular weight is 727 g/mol. The van der Waals surface area contributed by atoms with E-state index in [4.69, 9.17) is 31.2 Å². The van der Waals surface area contributed by atoms with Crippen molar-refractivity contribution in [1.82, 2.24) is 10.9 Å². The molecule has 46 heavy (non-hydrogen) atoms. The molecule has 0 fully saturated rings. The number of ether oxygens (including phenoxy) is 2. The summed E-state index contributed by atoms with van der Waals surface area (Å²) >= 11 is 9.73. The Balaban J connectivity index is 1.52. The van der Waals surface area contributed by atoms with E-state index in [0.717, 1.165) is 5.56 Å². The van der Waals surface area contributed by atoms with E-state index in [-0.39, 0.29) is 36.1 Å². The SMILES string of the molecule is O=C(NNCc1cccc(Cl)c1)[C@@]1(CCS(=O)(=O)c2ccccc2)N=C(c2ccc(OCCCO)cc2)O[C@H]1c1ccccc1Br. The zero-order chi connectivity index (χ0) is 32.6. The molecule has 2 atom stereocenters. The lowest BCUT2D eigenvalue weighted by atomic mass is 9.85. The number of benzene rings is 4. The topological polar surface area (TPSA) is 126 Å². The van der Waals surface area contributed by atoms with Crippen molar-refractivity contribution in [2.24, 2.45) is 4.99 Å². The Morgan fingerprint density at radius 1 is 1.00 bits per heavy atom. The van der Waals surface area contributed by atoms with Crippen LogP contribution in [0, 0.1) is 0 Å². The van der Waals surface area contributed by atoms with E-state index in [1.807, 2.05) is 36.4 Å². The Bertz CT molecular complexity index is 1790. The van der Waals surface area contributed by atoms with Crippen molar-refractivity contribution in [2.75, 3.05) is 19.0 Å². The van der Waals surface area contributed by atoms with Gasteiger partial charge < -0.3 is 14.6 Å². The van der Waals surface area contributed by atoms with Gasteiger partial charge in [0, 0.05) is 46.6 Å². The van der Waals surface area contributed by atoms with Gasteiger partial charge in [0.25, 0.3) is 5.91 Å². The van der Waals surface area contributed by atoms with Gasteiger partial charge in [-0.1, -0.05) is 76.1 Å². The Morgan fingerprint density at radius 3 is 2.46 bits per heavy atom. The standard InChI is InChI=1S/C34H33BrClN3O6S/c35-30-13-5-4-12-29(30)31-34(18-21-46(42,43)28-10-2-1-3-11-28,33(41)39-37-23-24-8-6-9-26(36)22-24)38-32(45-31)25-14-16-27(17-15-25)44-20-7-19-40/h1-6,8-17,22,31,37,40H,7,18-21,23H2,(H,39,41)/t31-,34-/m0/s1. The van der Waals surface area contributed by atoms with Crippen molar-refractivity contribution in [2.45, 2.75) is 35.9 Å². The normalized spacial score (nSPS) is 17.6. The van der Waals surface area contributed by atoms with Crippen molar-refractivity contribution >= 4 is 49.2 Å². The maximum Gasteiger partial charge on any atom is 0.266 e. The second kappa shape index (κ2) is 15.2. The van der Waals surface area contributed by atoms with Gasteiger partial charge in [0.2, 0.25) is 5.90 Å². The molecule has 1 aliphatic rings. The summed E-state index contributed by atoms with van der Waals surface area (Å²) in [4.78, 5) is 19.4. The van der Waals surface area contributed by atoms with E-state index in [9.17, 15) is 13.2 Å². The second-order valence-electron chi connectivity index (χ2n) is 10.6. The zero-order valence-electron chi connectivity index (χ0n) is 24.7. The van der Waals surface area contributed by atoms with E-state index >= 15 is 0 Å². The fourth-order valence-electron chi connectivity index (χ4n) is 5.05. The molecule has 1 aliphatic heterocycles. The van der Waals surface area contributed by atoms with Crippen LogP contribution in [-0.2, 0) is 25.9 Å². The second-order valence-corrected chi connectivity index (χ2v) is 14.0. The molecule has 240 valence electrons. The minimum atomic E-state index is -3.79. The third-order valence-corrected chi connectivity index (χ3v) is 10.1. The summed E-state index contributed by atoms with van der Waals surface area (Å²) in [5.41, 5.74) is 6.09. The van der Waals surface area contributed by atoms with E-state index in [1.54, 1.807) is 54.6 Å². The first-order chi connectivity index (χ1) is 22.2. The predicted octanol–water partition coefficient (Wildman–Crippen LogP) is 5.81. The largest absolute Gasteiger partial charge is 0.494 e. The molecule has 9 nitrogen and oxygen atoms in total. The molecule has 1 amide bonds. The number of carbonyl (C=O) groups excluding carboxylic acids is 1. The number of rotatable bonds is 14. The monoisotopic (exact) mass is 725 g/mol. The van der Waals surface area contributed by atoms with Crippen LogP contribution in [0.25, 0.3) is 0 Å². The van der Waals surface area contributed by atoms with Gasteiger partial charge in [-0.3, -0.25) is 10.2 Å². The molecule has 0 unspecified atom stereocenters. The molecule has 1 heterocycles. The Labute approximate surface area is 281 Å². The fourth-order valence-corrected chi connectivity index (χ4v) is 7.15. The van der Waals surface area contributed by atoms with Gasteiger partial charge in [0.05, 0.1) is 17.3 Å². The molecule has 0 aliphatic carbocycles. The van der Waals surface area contributed by atoms with Gasteiger partial charge >= 0.3 is 0 Å². The first-order valence-corrected chi connectivity index (χ1v) is 17.4. The van der Waals surface area contributed by atoms with Gasteiger partial charge in [0.1, 0.15) is 5.75 Å². The lowest BCUT2D eigenvalue weighted by Crippen LogP contribution is -2.53. The number of aliphatic hydroxyl groups excluding tert-OH is 1. The summed E-state index contributed by atoms with van der Waals surface area (Å²) in [6.45, 7) is 0.648. The number of halogens is 2. The van der Waals surface area contributed by atoms with Crippen LogP contribution in [0.3, 0.4) is 0 Å². The number of nitrogens with one attached hydrogen (secondary N) is 2. The Morgan fingerprint density at radius 2 is 1.74 bits per heavy atom. The predicted molar refractivity (Wildman–Crippen MR) is 180 cm³/mol. The molecule has 12 heteroatoms. The van der Waals surface area contributed by atoms with Crippen molar-refractivity contribution < 1.29 is 27.8 Å². The van der Waals surface area contributed by atoms with Crippen molar-refractivity contribution in [3.05, 3.63) is 129 Å². The first-order valence-electron chi connectivity index (χ1n) is 14.6. The maximum atomic E-state index is 14.3. The summed E-state index contributed by atoms with van der Waals surface area (Å²) in [5, 5.41) is 9.61. The minimum Gasteiger partial charge on any atom is -0.494 e. The zero-order valence-corrected chi connectivity index (χ0v) is 27.9. The average Bonchev–Trinajstić information content (AvgIpc) is 3.46. The lowest BCUT2D eigenvalue weighted by molar-refractivity contribution is -0.130. The smallest absolute Gasteiger partial charge is 0.266 e. The van der Waals surface area contributed by atoms with Crippen molar-refractivity contribution in [3.63, 3.8) is 0 Å². The number of aliphatic hydroxyl groups is 1. The van der Waals surface area contributed by atoms with Gasteiger partial charge in [-0.05, 0) is 60.2 Å². The molecule has 0 spiro atoms. The maximum absolute atomic E-state index is 14.3. The van der Waals surface area contributed by atoms with Crippen LogP contribution in [-0.4, -0.2) is 49.8 Å². The molecular weight excluding hydrogens is 694 g/mol. The molecule has 0 aromatic heterocycles. The number of hydrazine groups is 1. The highest BCUT2D eigenvalue weighted by Gasteiger charge is 2.54. The van der Waals surface area contributed by atoms with E-state index in [0.29, 0.717) is 39.4 Å². The number of nitrogens with zero attached hydrogens (tertiary/aromatic N) is 1. The van der Waals surface area contributed by atoms with E-state index in [1.165, 1.54) is 12.1 Å². The number of amides is 1. The highest BCUT2D eigenvalue weighted by molar-refractivity contribution is 9.10. The number of hydrogen-bond acceptors (Lipinski definition) is 8. The van der Waals surface area contributed by atoms with Crippen LogP contribution in [0.2, 0.25) is 5.02 Å². The number of aliphatic imine (C=N–C) groups is 1. The van der Waals surface area contributed by atoms with Crippen molar-refractivity contribution in [3.8, 4) is 5.75 Å². The highest BCUT2D eigenvalue weighted by Crippen LogP contribution is 2.45. The third kappa shape index (κ3) is 7.97. The molecule has 0 saturated carbocycles. The molecule has 5 rings (SSSR count). The highest BCUT2D eigenvalue weighted by atomic mass is 79.9. The summed E-state index contributed by atoms with van der Waals surface area (Å²) in [6.07, 6.45) is -0.648. The molecule has 0 saturated heterocycles. The van der Waals surface area contributed by atoms with Gasteiger partial charge in [-0.2, -0.15) is 0 Å². The number of hydrogen-bond donors (Lipinski definition) is 3. The first kappa shape index (κ1) is 33.6. The van der Waals surface area contributed by atoms with Gasteiger partial charge in [0.15, 0.2) is 21.5 Å². The Hall–Kier alpha value is -3.74. The van der Waals surface area contributed by atoms with Crippen LogP contribution < -0.4 is 15.6 Å². The fraction of sp³-hybridized carbons (Fsp3) is 0.235. The molecule has 3 N–H and O–H groups in total.